The van der Waals surface area contributed by atoms with Gasteiger partial charge in [0.15, 0.2) is 17.4 Å². The van der Waals surface area contributed by atoms with Gasteiger partial charge in [-0.25, -0.2) is 9.55 Å². The van der Waals surface area contributed by atoms with E-state index in [1.165, 1.54) is 4.57 Å². The van der Waals surface area contributed by atoms with Gasteiger partial charge in [-0.2, -0.15) is 4.98 Å². The minimum absolute atomic E-state index is 0.00522. The summed E-state index contributed by atoms with van der Waals surface area (Å²) in [5, 5.41) is 20.6. The number of nitrogens with two attached hydrogens (primary N) is 2. The highest BCUT2D eigenvalue weighted by atomic mass is 31.2. The number of anilines is 1. The Morgan fingerprint density at radius 2 is 2.03 bits per heavy atom. The molecule has 17 nitrogen and oxygen atoms in total. The molecular formula is C15H21N6O11P. The number of nitrogens with zero attached hydrogens (tertiary/aromatic N) is 3. The molecule has 9 N–H and O–H groups in total. The number of aliphatic hydroxyl groups excluding tert-OH is 2. The first-order chi connectivity index (χ1) is 15.4. The number of H-pyrrole nitrogens is 1. The molecule has 1 saturated heterocycles. The third-order valence-corrected chi connectivity index (χ3v) is 5.08. The van der Waals surface area contributed by atoms with Crippen LogP contribution >= 0.6 is 7.82 Å². The molecule has 3 rings (SSSR count). The molecule has 0 spiro atoms. The predicted octanol–water partition coefficient (Wildman–Crippen LogP) is -3.39. The number of aromatic amines is 1. The number of phosphoric acid groups is 1. The van der Waals surface area contributed by atoms with Gasteiger partial charge in [0.1, 0.15) is 31.0 Å². The minimum Gasteiger partial charge on any atom is -0.462 e. The van der Waals surface area contributed by atoms with Gasteiger partial charge >= 0.3 is 19.8 Å². The van der Waals surface area contributed by atoms with Gasteiger partial charge in [0, 0.05) is 6.42 Å². The topological polar surface area (TPSA) is 275 Å². The van der Waals surface area contributed by atoms with E-state index in [0.29, 0.717) is 0 Å². The van der Waals surface area contributed by atoms with Gasteiger partial charge in [-0.05, 0) is 6.42 Å². The van der Waals surface area contributed by atoms with Gasteiger partial charge in [-0.15, -0.1) is 0 Å². The Hall–Kier alpha value is -2.92. The van der Waals surface area contributed by atoms with Gasteiger partial charge < -0.3 is 35.7 Å². The normalized spacial score (nSPS) is 24.0. The van der Waals surface area contributed by atoms with Crippen molar-refractivity contribution < 1.29 is 48.2 Å². The summed E-state index contributed by atoms with van der Waals surface area (Å²) in [6.07, 6.45) is -5.18. The molecule has 5 atom stereocenters. The van der Waals surface area contributed by atoms with Crippen LogP contribution < -0.4 is 17.0 Å². The van der Waals surface area contributed by atoms with Crippen LogP contribution in [0.3, 0.4) is 0 Å². The van der Waals surface area contributed by atoms with Crippen LogP contribution in [-0.2, 0) is 28.2 Å². The molecule has 1 fully saturated rings. The number of aromatic nitrogens is 4. The van der Waals surface area contributed by atoms with E-state index in [-0.39, 0.29) is 23.5 Å². The zero-order valence-electron chi connectivity index (χ0n) is 16.7. The Labute approximate surface area is 183 Å². The Morgan fingerprint density at radius 3 is 2.70 bits per heavy atom. The standard InChI is InChI=1S/C15H21N6O11P/c16-5(1-2-7(22)32-33(27,28)29)14(26)30-3-6-9(23)10(24)13(31-6)21-4-18-8-11(21)19-15(17)20-12(8)25/h4-6,9-10,13,23-24H,1-3,16H2,(H2,27,28,29)(H3,17,19,20,25)/t5-,6+,9+,10+,13+/m0/s1. The van der Waals surface area contributed by atoms with Gasteiger partial charge in [0.05, 0.1) is 6.33 Å². The number of esters is 1. The number of hydrogen-bond donors (Lipinski definition) is 7. The summed E-state index contributed by atoms with van der Waals surface area (Å²) in [5.41, 5.74) is 10.4. The summed E-state index contributed by atoms with van der Waals surface area (Å²) >= 11 is 0. The average molecular weight is 492 g/mol. The van der Waals surface area contributed by atoms with Crippen molar-refractivity contribution in [3.63, 3.8) is 0 Å². The highest BCUT2D eigenvalue weighted by Gasteiger charge is 2.45. The smallest absolute Gasteiger partial charge is 0.462 e. The Bertz CT molecular complexity index is 1150. The SMILES string of the molecule is Nc1nc2c(ncn2[C@@H]2O[C@H](COC(=O)[C@@H](N)CCC(=O)OP(=O)(O)O)[C@@H](O)[C@H]2O)c(=O)[nH]1. The first kappa shape index (κ1) is 24.7. The Balaban J connectivity index is 1.59. The number of imidazole rings is 1. The summed E-state index contributed by atoms with van der Waals surface area (Å²) < 4.78 is 26.1. The summed E-state index contributed by atoms with van der Waals surface area (Å²) in [5.74, 6) is -2.46. The molecule has 18 heteroatoms. The van der Waals surface area contributed by atoms with Crippen molar-refractivity contribution in [3.05, 3.63) is 16.7 Å². The van der Waals surface area contributed by atoms with Gasteiger partial charge in [-0.1, -0.05) is 0 Å². The Morgan fingerprint density at radius 1 is 1.33 bits per heavy atom. The maximum atomic E-state index is 12.0. The highest BCUT2D eigenvalue weighted by Crippen LogP contribution is 2.36. The van der Waals surface area contributed by atoms with E-state index in [9.17, 15) is 29.2 Å². The zero-order chi connectivity index (χ0) is 24.5. The fourth-order valence-corrected chi connectivity index (χ4v) is 3.42. The number of nitrogen functional groups attached to an aromatic ring is 1. The number of carbonyl (C=O) groups excluding carboxylic acids is 2. The number of fused-ring (bicyclic) bond motifs is 1. The quantitative estimate of drug-likeness (QED) is 0.140. The maximum absolute atomic E-state index is 12.0. The molecule has 2 aromatic heterocycles. The summed E-state index contributed by atoms with van der Waals surface area (Å²) in [4.78, 5) is 62.4. The van der Waals surface area contributed by atoms with Gasteiger partial charge in [-0.3, -0.25) is 33.7 Å². The first-order valence-corrected chi connectivity index (χ1v) is 10.8. The van der Waals surface area contributed by atoms with E-state index in [4.69, 9.17) is 30.7 Å². The lowest BCUT2D eigenvalue weighted by atomic mass is 10.1. The van der Waals surface area contributed by atoms with Crippen molar-refractivity contribution in [1.29, 1.82) is 0 Å². The minimum atomic E-state index is -5.00. The molecule has 0 aromatic carbocycles. The van der Waals surface area contributed by atoms with Crippen molar-refractivity contribution in [1.82, 2.24) is 19.5 Å². The van der Waals surface area contributed by atoms with Crippen molar-refractivity contribution in [2.24, 2.45) is 5.73 Å². The second-order valence-corrected chi connectivity index (χ2v) is 8.21. The van der Waals surface area contributed by atoms with Crippen molar-refractivity contribution in [2.75, 3.05) is 12.3 Å². The molecule has 0 aliphatic carbocycles. The zero-order valence-corrected chi connectivity index (χ0v) is 17.6. The summed E-state index contributed by atoms with van der Waals surface area (Å²) in [6.45, 7) is -0.531. The van der Waals surface area contributed by atoms with Crippen molar-refractivity contribution in [2.45, 2.75) is 43.4 Å². The van der Waals surface area contributed by atoms with Gasteiger partial charge in [0.25, 0.3) is 5.56 Å². The van der Waals surface area contributed by atoms with Crippen LogP contribution in [0.25, 0.3) is 11.2 Å². The molecular weight excluding hydrogens is 471 g/mol. The monoisotopic (exact) mass is 492 g/mol. The molecule has 1 aliphatic rings. The van der Waals surface area contributed by atoms with E-state index in [2.05, 4.69) is 19.5 Å². The molecule has 33 heavy (non-hydrogen) atoms. The van der Waals surface area contributed by atoms with E-state index in [1.54, 1.807) is 0 Å². The molecule has 182 valence electrons. The molecule has 0 bridgehead atoms. The first-order valence-electron chi connectivity index (χ1n) is 9.31. The van der Waals surface area contributed by atoms with E-state index in [1.807, 2.05) is 0 Å². The lowest BCUT2D eigenvalue weighted by Gasteiger charge is -2.17. The maximum Gasteiger partial charge on any atom is 0.526 e. The number of hydrogen-bond acceptors (Lipinski definition) is 13. The average Bonchev–Trinajstić information content (AvgIpc) is 3.24. The lowest BCUT2D eigenvalue weighted by Crippen LogP contribution is -2.38. The fraction of sp³-hybridized carbons (Fsp3) is 0.533. The number of aliphatic hydroxyl groups is 2. The second kappa shape index (κ2) is 9.52. The molecule has 3 heterocycles. The van der Waals surface area contributed by atoms with Gasteiger partial charge in [0.2, 0.25) is 5.95 Å². The van der Waals surface area contributed by atoms with Crippen LogP contribution in [0.5, 0.6) is 0 Å². The molecule has 0 unspecified atom stereocenters. The second-order valence-electron chi connectivity index (χ2n) is 7.05. The van der Waals surface area contributed by atoms with Crippen LogP contribution in [0.4, 0.5) is 5.95 Å². The van der Waals surface area contributed by atoms with Crippen molar-refractivity contribution >= 4 is 36.9 Å². The number of nitrogens with one attached hydrogen (secondary N) is 1. The number of rotatable bonds is 8. The summed E-state index contributed by atoms with van der Waals surface area (Å²) in [6, 6.07) is -1.34. The largest absolute Gasteiger partial charge is 0.526 e. The third-order valence-electron chi connectivity index (χ3n) is 4.63. The molecule has 1 aliphatic heterocycles. The Kier molecular flexibility index (Phi) is 7.13. The molecule has 0 radical (unpaired) electrons. The number of ether oxygens (including phenoxy) is 2. The van der Waals surface area contributed by atoms with Crippen LogP contribution in [0, 0.1) is 0 Å². The predicted molar refractivity (Wildman–Crippen MR) is 105 cm³/mol. The van der Waals surface area contributed by atoms with Crippen molar-refractivity contribution in [3.8, 4) is 0 Å². The van der Waals surface area contributed by atoms with Crippen LogP contribution in [0.1, 0.15) is 19.1 Å². The van der Waals surface area contributed by atoms with E-state index >= 15 is 0 Å². The lowest BCUT2D eigenvalue weighted by molar-refractivity contribution is -0.152. The van der Waals surface area contributed by atoms with Crippen LogP contribution in [0.15, 0.2) is 11.1 Å². The van der Waals surface area contributed by atoms with E-state index in [0.717, 1.165) is 6.33 Å². The third kappa shape index (κ3) is 5.72. The van der Waals surface area contributed by atoms with Crippen LogP contribution in [0.2, 0.25) is 0 Å². The van der Waals surface area contributed by atoms with E-state index < -0.39 is 68.9 Å². The summed E-state index contributed by atoms with van der Waals surface area (Å²) in [7, 11) is -5.00. The fourth-order valence-electron chi connectivity index (χ4n) is 3.07. The molecule has 0 saturated carbocycles. The number of carbonyl (C=O) groups is 2. The highest BCUT2D eigenvalue weighted by molar-refractivity contribution is 7.46. The molecule has 0 amide bonds. The molecule has 2 aromatic rings. The number of phosphoric ester groups is 1. The van der Waals surface area contributed by atoms with Crippen LogP contribution in [-0.4, -0.2) is 82.4 Å².